The zero-order valence-corrected chi connectivity index (χ0v) is 11.2. The van der Waals surface area contributed by atoms with E-state index in [4.69, 9.17) is 14.3 Å². The number of nitrogens with one attached hydrogen (secondary N) is 1. The van der Waals surface area contributed by atoms with Crippen LogP contribution in [0.15, 0.2) is 10.5 Å². The molecule has 2 aliphatic heterocycles. The van der Waals surface area contributed by atoms with E-state index in [-0.39, 0.29) is 35.5 Å². The lowest BCUT2D eigenvalue weighted by atomic mass is 9.95. The molecule has 3 atom stereocenters. The quantitative estimate of drug-likeness (QED) is 0.873. The van der Waals surface area contributed by atoms with Gasteiger partial charge in [0.25, 0.3) is 5.91 Å². The number of carboxylic acid groups (broad SMARTS) is 1. The lowest BCUT2D eigenvalue weighted by Gasteiger charge is -2.19. The molecular weight excluding hydrogens is 262 g/mol. The van der Waals surface area contributed by atoms with Gasteiger partial charge in [0, 0.05) is 12.5 Å². The van der Waals surface area contributed by atoms with Crippen molar-refractivity contribution < 1.29 is 23.8 Å². The second-order valence-electron chi connectivity index (χ2n) is 5.30. The monoisotopic (exact) mass is 279 g/mol. The summed E-state index contributed by atoms with van der Waals surface area (Å²) in [6.45, 7) is 1.79. The van der Waals surface area contributed by atoms with E-state index in [2.05, 4.69) is 5.32 Å². The van der Waals surface area contributed by atoms with Gasteiger partial charge in [0.2, 0.25) is 0 Å². The molecule has 0 aromatic carbocycles. The van der Waals surface area contributed by atoms with Crippen molar-refractivity contribution in [1.82, 2.24) is 5.32 Å². The number of amides is 1. The second kappa shape index (κ2) is 4.94. The van der Waals surface area contributed by atoms with E-state index < -0.39 is 5.97 Å². The molecule has 6 heteroatoms. The number of hydrogen-bond acceptors (Lipinski definition) is 4. The Balaban J connectivity index is 1.72. The van der Waals surface area contributed by atoms with Crippen molar-refractivity contribution in [1.29, 1.82) is 0 Å². The normalized spacial score (nSPS) is 27.8. The molecule has 2 N–H and O–H groups in total. The Morgan fingerprint density at radius 1 is 1.45 bits per heavy atom. The number of rotatable bonds is 4. The molecule has 108 valence electrons. The van der Waals surface area contributed by atoms with Gasteiger partial charge in [0.15, 0.2) is 5.76 Å². The van der Waals surface area contributed by atoms with Crippen molar-refractivity contribution in [3.63, 3.8) is 0 Å². The first-order valence-electron chi connectivity index (χ1n) is 6.90. The summed E-state index contributed by atoms with van der Waals surface area (Å²) in [5.74, 6) is -1.06. The molecular formula is C14H17NO5. The Hall–Kier alpha value is -1.82. The number of aryl methyl sites for hydroxylation is 1. The molecule has 6 nitrogen and oxygen atoms in total. The van der Waals surface area contributed by atoms with Gasteiger partial charge in [-0.2, -0.15) is 0 Å². The molecule has 3 unspecified atom stereocenters. The summed E-state index contributed by atoms with van der Waals surface area (Å²) in [6.07, 6.45) is 3.62. The average Bonchev–Trinajstić information content (AvgIpc) is 3.12. The van der Waals surface area contributed by atoms with Crippen molar-refractivity contribution >= 4 is 11.9 Å². The number of carboxylic acids is 1. The fraction of sp³-hybridized carbons (Fsp3) is 0.571. The fourth-order valence-corrected chi connectivity index (χ4v) is 3.01. The lowest BCUT2D eigenvalue weighted by Crippen LogP contribution is -2.41. The molecule has 2 saturated heterocycles. The van der Waals surface area contributed by atoms with Crippen LogP contribution >= 0.6 is 0 Å². The summed E-state index contributed by atoms with van der Waals surface area (Å²) >= 11 is 0. The fourth-order valence-electron chi connectivity index (χ4n) is 3.01. The number of hydrogen-bond donors (Lipinski definition) is 2. The molecule has 1 amide bonds. The van der Waals surface area contributed by atoms with Crippen molar-refractivity contribution in [2.75, 3.05) is 0 Å². The van der Waals surface area contributed by atoms with Crippen LogP contribution < -0.4 is 5.32 Å². The Morgan fingerprint density at radius 2 is 2.25 bits per heavy atom. The van der Waals surface area contributed by atoms with E-state index in [1.165, 1.54) is 6.07 Å². The van der Waals surface area contributed by atoms with Gasteiger partial charge in [-0.25, -0.2) is 4.79 Å². The molecule has 1 aromatic rings. The van der Waals surface area contributed by atoms with Crippen LogP contribution in [0.3, 0.4) is 0 Å². The maximum absolute atomic E-state index is 12.1. The molecule has 3 rings (SSSR count). The van der Waals surface area contributed by atoms with Gasteiger partial charge in [-0.1, -0.05) is 6.92 Å². The summed E-state index contributed by atoms with van der Waals surface area (Å²) in [4.78, 5) is 23.2. The van der Waals surface area contributed by atoms with Gasteiger partial charge in [0.1, 0.15) is 11.3 Å². The highest BCUT2D eigenvalue weighted by atomic mass is 16.5. The first kappa shape index (κ1) is 13.2. The maximum atomic E-state index is 12.1. The molecule has 2 aliphatic rings. The summed E-state index contributed by atoms with van der Waals surface area (Å²) in [7, 11) is 0. The standard InChI is InChI=1S/C14H17NO5/c1-2-10-8(14(17)18)6-12(20-10)13(16)15-9-5-7-3-4-11(9)19-7/h6-7,9,11H,2-5H2,1H3,(H,15,16)(H,17,18). The third-order valence-electron chi connectivity index (χ3n) is 4.01. The minimum atomic E-state index is -1.08. The lowest BCUT2D eigenvalue weighted by molar-refractivity contribution is 0.0694. The molecule has 3 heterocycles. The molecule has 0 radical (unpaired) electrons. The highest BCUT2D eigenvalue weighted by Gasteiger charge is 2.41. The van der Waals surface area contributed by atoms with Crippen molar-refractivity contribution in [3.8, 4) is 0 Å². The zero-order chi connectivity index (χ0) is 14.3. The van der Waals surface area contributed by atoms with Crippen LogP contribution in [-0.4, -0.2) is 35.2 Å². The zero-order valence-electron chi connectivity index (χ0n) is 11.2. The largest absolute Gasteiger partial charge is 0.478 e. The van der Waals surface area contributed by atoms with E-state index >= 15 is 0 Å². The molecule has 2 fully saturated rings. The Kier molecular flexibility index (Phi) is 3.25. The molecule has 0 spiro atoms. The molecule has 20 heavy (non-hydrogen) atoms. The van der Waals surface area contributed by atoms with Crippen molar-refractivity contribution in [2.24, 2.45) is 0 Å². The molecule has 0 aliphatic carbocycles. The second-order valence-corrected chi connectivity index (χ2v) is 5.30. The first-order valence-corrected chi connectivity index (χ1v) is 6.90. The minimum absolute atomic E-state index is 0.00436. The number of carbonyl (C=O) groups is 2. The van der Waals surface area contributed by atoms with Crippen LogP contribution in [0.4, 0.5) is 0 Å². The predicted octanol–water partition coefficient (Wildman–Crippen LogP) is 1.59. The van der Waals surface area contributed by atoms with E-state index in [0.717, 1.165) is 19.3 Å². The number of carbonyl (C=O) groups excluding carboxylic acids is 1. The van der Waals surface area contributed by atoms with Crippen LogP contribution in [0.2, 0.25) is 0 Å². The van der Waals surface area contributed by atoms with Gasteiger partial charge >= 0.3 is 5.97 Å². The Bertz CT molecular complexity index is 550. The van der Waals surface area contributed by atoms with E-state index in [1.54, 1.807) is 6.92 Å². The summed E-state index contributed by atoms with van der Waals surface area (Å²) in [6, 6.07) is 1.30. The smallest absolute Gasteiger partial charge is 0.339 e. The number of ether oxygens (including phenoxy) is 1. The molecule has 0 saturated carbocycles. The van der Waals surface area contributed by atoms with Gasteiger partial charge in [0.05, 0.1) is 18.2 Å². The van der Waals surface area contributed by atoms with Gasteiger partial charge in [-0.05, 0) is 19.3 Å². The van der Waals surface area contributed by atoms with Crippen LogP contribution in [0.1, 0.15) is 52.9 Å². The van der Waals surface area contributed by atoms with Crippen LogP contribution in [0.5, 0.6) is 0 Å². The van der Waals surface area contributed by atoms with Gasteiger partial charge in [-0.15, -0.1) is 0 Å². The third-order valence-corrected chi connectivity index (χ3v) is 4.01. The summed E-state index contributed by atoms with van der Waals surface area (Å²) in [5, 5.41) is 11.9. The highest BCUT2D eigenvalue weighted by Crippen LogP contribution is 2.34. The number of furan rings is 1. The highest BCUT2D eigenvalue weighted by molar-refractivity contribution is 5.96. The summed E-state index contributed by atoms with van der Waals surface area (Å²) in [5.41, 5.74) is 0.0573. The molecule has 1 aromatic heterocycles. The number of fused-ring (bicyclic) bond motifs is 2. The van der Waals surface area contributed by atoms with Crippen molar-refractivity contribution in [2.45, 2.75) is 50.9 Å². The Morgan fingerprint density at radius 3 is 2.75 bits per heavy atom. The van der Waals surface area contributed by atoms with Crippen LogP contribution in [-0.2, 0) is 11.2 Å². The maximum Gasteiger partial charge on any atom is 0.339 e. The summed E-state index contributed by atoms with van der Waals surface area (Å²) < 4.78 is 11.0. The topological polar surface area (TPSA) is 88.8 Å². The Labute approximate surface area is 116 Å². The number of aromatic carboxylic acids is 1. The predicted molar refractivity (Wildman–Crippen MR) is 68.8 cm³/mol. The average molecular weight is 279 g/mol. The molecule has 2 bridgehead atoms. The third kappa shape index (κ3) is 2.20. The SMILES string of the molecule is CCc1oc(C(=O)NC2CC3CCC2O3)cc1C(=O)O. The van der Waals surface area contributed by atoms with Crippen molar-refractivity contribution in [3.05, 3.63) is 23.2 Å². The van der Waals surface area contributed by atoms with Gasteiger partial charge < -0.3 is 19.6 Å². The van der Waals surface area contributed by atoms with Gasteiger partial charge in [-0.3, -0.25) is 4.79 Å². The van der Waals surface area contributed by atoms with E-state index in [0.29, 0.717) is 12.2 Å². The first-order chi connectivity index (χ1) is 9.58. The van der Waals surface area contributed by atoms with Crippen LogP contribution in [0.25, 0.3) is 0 Å². The van der Waals surface area contributed by atoms with Crippen LogP contribution in [0, 0.1) is 0 Å². The van der Waals surface area contributed by atoms with E-state index in [1.807, 2.05) is 0 Å². The van der Waals surface area contributed by atoms with E-state index in [9.17, 15) is 9.59 Å². The minimum Gasteiger partial charge on any atom is -0.478 e.